The Labute approximate surface area is 206 Å². The number of ether oxygens (including phenoxy) is 1. The molecule has 1 aromatic heterocycles. The summed E-state index contributed by atoms with van der Waals surface area (Å²) in [5.41, 5.74) is 3.18. The molecule has 1 aliphatic carbocycles. The molecule has 1 saturated carbocycles. The Hall–Kier alpha value is -2.97. The number of carbonyl (C=O) groups excluding carboxylic acids is 1. The van der Waals surface area contributed by atoms with Crippen LogP contribution >= 0.6 is 0 Å². The third-order valence-corrected chi connectivity index (χ3v) is 8.19. The maximum absolute atomic E-state index is 13.5. The average Bonchev–Trinajstić information content (AvgIpc) is 3.37. The van der Waals surface area contributed by atoms with Gasteiger partial charge in [-0.25, -0.2) is 13.4 Å². The Morgan fingerprint density at radius 1 is 1.09 bits per heavy atom. The van der Waals surface area contributed by atoms with E-state index in [-0.39, 0.29) is 35.5 Å². The summed E-state index contributed by atoms with van der Waals surface area (Å²) in [5, 5.41) is 0.0960. The molecule has 1 atom stereocenters. The van der Waals surface area contributed by atoms with Crippen molar-refractivity contribution < 1.29 is 17.9 Å². The highest BCUT2D eigenvalue weighted by Crippen LogP contribution is 2.39. The van der Waals surface area contributed by atoms with Crippen molar-refractivity contribution in [2.75, 3.05) is 13.2 Å². The van der Waals surface area contributed by atoms with Crippen LogP contribution in [0, 0.1) is 6.92 Å². The van der Waals surface area contributed by atoms with E-state index in [9.17, 15) is 13.2 Å². The van der Waals surface area contributed by atoms with Crippen molar-refractivity contribution in [3.05, 3.63) is 83.2 Å². The summed E-state index contributed by atoms with van der Waals surface area (Å²) in [6.45, 7) is 3.45. The van der Waals surface area contributed by atoms with Gasteiger partial charge in [0.05, 0.1) is 30.3 Å². The topological polar surface area (TPSA) is 81.5 Å². The molecule has 0 unspecified atom stereocenters. The van der Waals surface area contributed by atoms with Crippen LogP contribution in [0.2, 0.25) is 0 Å². The molecule has 8 heteroatoms. The highest BCUT2D eigenvalue weighted by atomic mass is 32.2. The van der Waals surface area contributed by atoms with Gasteiger partial charge in [0.1, 0.15) is 0 Å². The van der Waals surface area contributed by atoms with Crippen LogP contribution in [-0.4, -0.2) is 48.0 Å². The highest BCUT2D eigenvalue weighted by molar-refractivity contribution is 7.90. The lowest BCUT2D eigenvalue weighted by atomic mass is 10.1. The van der Waals surface area contributed by atoms with E-state index in [0.29, 0.717) is 18.7 Å². The van der Waals surface area contributed by atoms with Gasteiger partial charge < -0.3 is 14.2 Å². The largest absolute Gasteiger partial charge is 0.376 e. The third kappa shape index (κ3) is 5.49. The van der Waals surface area contributed by atoms with Gasteiger partial charge in [-0.3, -0.25) is 4.79 Å². The minimum absolute atomic E-state index is 0.0111. The van der Waals surface area contributed by atoms with Gasteiger partial charge in [0.15, 0.2) is 0 Å². The molecule has 2 fully saturated rings. The predicted molar refractivity (Wildman–Crippen MR) is 133 cm³/mol. The minimum Gasteiger partial charge on any atom is -0.376 e. The van der Waals surface area contributed by atoms with E-state index in [1.54, 1.807) is 11.1 Å². The van der Waals surface area contributed by atoms with E-state index in [4.69, 9.17) is 4.74 Å². The standard InChI is InChI=1S/C27H31N3O4S/c1-20-9-11-22(12-10-20)26(31)29(18-25-8-5-15-34-25)17-24-16-28-27(30(24)23-13-14-23)35(32,33)19-21-6-3-2-4-7-21/h2-4,6-7,9-12,16,23,25H,5,8,13-15,17-19H2,1H3/t25-/m1/s1. The molecule has 0 N–H and O–H groups in total. The predicted octanol–water partition coefficient (Wildman–Crippen LogP) is 4.32. The normalized spacial score (nSPS) is 18.0. The van der Waals surface area contributed by atoms with Crippen LogP contribution in [0.5, 0.6) is 0 Å². The second kappa shape index (κ2) is 9.95. The van der Waals surface area contributed by atoms with Crippen molar-refractivity contribution in [3.63, 3.8) is 0 Å². The van der Waals surface area contributed by atoms with Crippen molar-refractivity contribution >= 4 is 15.7 Å². The fourth-order valence-electron chi connectivity index (χ4n) is 4.63. The summed E-state index contributed by atoms with van der Waals surface area (Å²) >= 11 is 0. The van der Waals surface area contributed by atoms with E-state index >= 15 is 0 Å². The number of sulfone groups is 1. The first kappa shape index (κ1) is 23.8. The Morgan fingerprint density at radius 2 is 1.83 bits per heavy atom. The van der Waals surface area contributed by atoms with Crippen molar-refractivity contribution in [2.24, 2.45) is 0 Å². The van der Waals surface area contributed by atoms with Gasteiger partial charge in [-0.05, 0) is 50.3 Å². The number of hydrogen-bond acceptors (Lipinski definition) is 5. The van der Waals surface area contributed by atoms with Gasteiger partial charge in [-0.2, -0.15) is 0 Å². The van der Waals surface area contributed by atoms with Crippen LogP contribution in [-0.2, 0) is 26.9 Å². The van der Waals surface area contributed by atoms with Crippen LogP contribution in [0.1, 0.15) is 58.9 Å². The number of amides is 1. The fraction of sp³-hybridized carbons (Fsp3) is 0.407. The van der Waals surface area contributed by atoms with Crippen molar-refractivity contribution in [1.82, 2.24) is 14.5 Å². The number of carbonyl (C=O) groups is 1. The monoisotopic (exact) mass is 493 g/mol. The second-order valence-corrected chi connectivity index (χ2v) is 11.4. The molecule has 1 saturated heterocycles. The SMILES string of the molecule is Cc1ccc(C(=O)N(Cc2cnc(S(=O)(=O)Cc3ccccc3)n2C2CC2)C[C@H]2CCCO2)cc1. The fourth-order valence-corrected chi connectivity index (χ4v) is 6.17. The molecule has 184 valence electrons. The minimum atomic E-state index is -3.64. The van der Waals surface area contributed by atoms with E-state index in [2.05, 4.69) is 4.98 Å². The molecule has 7 nitrogen and oxygen atoms in total. The molecular weight excluding hydrogens is 462 g/mol. The molecule has 5 rings (SSSR count). The molecule has 2 heterocycles. The molecule has 0 radical (unpaired) electrons. The smallest absolute Gasteiger partial charge is 0.254 e. The van der Waals surface area contributed by atoms with Crippen molar-refractivity contribution in [3.8, 4) is 0 Å². The van der Waals surface area contributed by atoms with Gasteiger partial charge in [0.25, 0.3) is 5.91 Å². The van der Waals surface area contributed by atoms with Crippen LogP contribution < -0.4 is 0 Å². The van der Waals surface area contributed by atoms with E-state index in [0.717, 1.165) is 42.5 Å². The lowest BCUT2D eigenvalue weighted by Gasteiger charge is -2.26. The highest BCUT2D eigenvalue weighted by Gasteiger charge is 2.34. The molecular formula is C27H31N3O4S. The maximum atomic E-state index is 13.5. The summed E-state index contributed by atoms with van der Waals surface area (Å²) in [5.74, 6) is -0.184. The Balaban J connectivity index is 1.44. The first-order chi connectivity index (χ1) is 16.9. The molecule has 3 aromatic rings. The first-order valence-electron chi connectivity index (χ1n) is 12.2. The van der Waals surface area contributed by atoms with Crippen molar-refractivity contribution in [1.29, 1.82) is 0 Å². The summed E-state index contributed by atoms with van der Waals surface area (Å²) in [6.07, 6.45) is 5.34. The van der Waals surface area contributed by atoms with Gasteiger partial charge in [0.2, 0.25) is 15.0 Å². The lowest BCUT2D eigenvalue weighted by Crippen LogP contribution is -2.37. The Kier molecular flexibility index (Phi) is 6.75. The molecule has 1 aliphatic heterocycles. The third-order valence-electron chi connectivity index (χ3n) is 6.62. The van der Waals surface area contributed by atoms with E-state index < -0.39 is 9.84 Å². The van der Waals surface area contributed by atoms with Crippen LogP contribution in [0.4, 0.5) is 0 Å². The molecule has 2 aromatic carbocycles. The number of hydrogen-bond donors (Lipinski definition) is 0. The Morgan fingerprint density at radius 3 is 2.49 bits per heavy atom. The average molecular weight is 494 g/mol. The zero-order chi connectivity index (χ0) is 24.4. The summed E-state index contributed by atoms with van der Waals surface area (Å²) in [6, 6.07) is 16.8. The molecule has 2 aliphatic rings. The number of aromatic nitrogens is 2. The number of imidazole rings is 1. The summed E-state index contributed by atoms with van der Waals surface area (Å²) in [7, 11) is -3.64. The summed E-state index contributed by atoms with van der Waals surface area (Å²) in [4.78, 5) is 19.7. The molecule has 35 heavy (non-hydrogen) atoms. The molecule has 1 amide bonds. The number of nitrogens with zero attached hydrogens (tertiary/aromatic N) is 3. The van der Waals surface area contributed by atoms with Gasteiger partial charge in [0, 0.05) is 24.8 Å². The first-order valence-corrected chi connectivity index (χ1v) is 13.9. The van der Waals surface area contributed by atoms with E-state index in [1.165, 1.54) is 0 Å². The van der Waals surface area contributed by atoms with Gasteiger partial charge in [-0.15, -0.1) is 0 Å². The molecule has 0 bridgehead atoms. The molecule has 0 spiro atoms. The van der Waals surface area contributed by atoms with Crippen LogP contribution in [0.15, 0.2) is 66.0 Å². The lowest BCUT2D eigenvalue weighted by molar-refractivity contribution is 0.0501. The zero-order valence-corrected chi connectivity index (χ0v) is 20.8. The van der Waals surface area contributed by atoms with Crippen molar-refractivity contribution in [2.45, 2.75) is 62.2 Å². The second-order valence-electron chi connectivity index (χ2n) is 9.56. The zero-order valence-electron chi connectivity index (χ0n) is 20.0. The van der Waals surface area contributed by atoms with E-state index in [1.807, 2.05) is 66.1 Å². The summed E-state index contributed by atoms with van der Waals surface area (Å²) < 4.78 is 34.4. The Bertz CT molecular complexity index is 1280. The maximum Gasteiger partial charge on any atom is 0.254 e. The number of rotatable bonds is 9. The van der Waals surface area contributed by atoms with Crippen LogP contribution in [0.25, 0.3) is 0 Å². The van der Waals surface area contributed by atoms with Crippen LogP contribution in [0.3, 0.4) is 0 Å². The number of aryl methyl sites for hydroxylation is 1. The van der Waals surface area contributed by atoms with Gasteiger partial charge >= 0.3 is 0 Å². The quantitative estimate of drug-likeness (QED) is 0.443. The van der Waals surface area contributed by atoms with Gasteiger partial charge in [-0.1, -0.05) is 48.0 Å². The number of benzene rings is 2.